The Balaban J connectivity index is 1.61. The fourth-order valence-electron chi connectivity index (χ4n) is 2.75. The van der Waals surface area contributed by atoms with E-state index in [0.29, 0.717) is 0 Å². The molecule has 1 atom stereocenters. The van der Waals surface area contributed by atoms with E-state index in [0.717, 1.165) is 55.9 Å². The van der Waals surface area contributed by atoms with Gasteiger partial charge in [-0.1, -0.05) is 18.2 Å². The quantitative estimate of drug-likeness (QED) is 0.876. The zero-order valence-electron chi connectivity index (χ0n) is 12.0. The molecule has 1 aliphatic heterocycles. The van der Waals surface area contributed by atoms with Crippen molar-refractivity contribution in [3.8, 4) is 6.07 Å². The van der Waals surface area contributed by atoms with Crippen LogP contribution in [0.4, 0.5) is 0 Å². The maximum atomic E-state index is 9.43. The number of nitrogens with one attached hydrogen (secondary N) is 2. The van der Waals surface area contributed by atoms with Gasteiger partial charge in [0.25, 0.3) is 0 Å². The van der Waals surface area contributed by atoms with Crippen LogP contribution >= 0.6 is 0 Å². The molecule has 1 fully saturated rings. The van der Waals surface area contributed by atoms with Crippen LogP contribution in [0.15, 0.2) is 30.5 Å². The second-order valence-corrected chi connectivity index (χ2v) is 5.26. The van der Waals surface area contributed by atoms with Gasteiger partial charge in [-0.2, -0.15) is 5.26 Å². The summed E-state index contributed by atoms with van der Waals surface area (Å²) in [5, 5.41) is 13.9. The number of fused-ring (bicyclic) bond motifs is 1. The number of hydrogen-bond acceptors (Lipinski definition) is 4. The number of rotatable bonds is 5. The summed E-state index contributed by atoms with van der Waals surface area (Å²) in [6, 6.07) is 10.2. The minimum Gasteiger partial charge on any atom is -0.379 e. The SMILES string of the molecule is N#CC(NCCN1CCOCC1)c1c[nH]c2ccccc12. The van der Waals surface area contributed by atoms with Crippen molar-refractivity contribution >= 4 is 10.9 Å². The molecule has 0 radical (unpaired) electrons. The lowest BCUT2D eigenvalue weighted by molar-refractivity contribution is 0.0383. The van der Waals surface area contributed by atoms with Crippen LogP contribution in [-0.2, 0) is 4.74 Å². The van der Waals surface area contributed by atoms with Crippen LogP contribution < -0.4 is 5.32 Å². The Labute approximate surface area is 124 Å². The summed E-state index contributed by atoms with van der Waals surface area (Å²) in [5.41, 5.74) is 2.10. The largest absolute Gasteiger partial charge is 0.379 e. The summed E-state index contributed by atoms with van der Waals surface area (Å²) >= 11 is 0. The molecule has 0 spiro atoms. The Kier molecular flexibility index (Phi) is 4.51. The first-order chi connectivity index (χ1) is 10.4. The van der Waals surface area contributed by atoms with Crippen LogP contribution in [0.25, 0.3) is 10.9 Å². The highest BCUT2D eigenvalue weighted by Gasteiger charge is 2.15. The Hall–Kier alpha value is -1.87. The van der Waals surface area contributed by atoms with E-state index >= 15 is 0 Å². The molecule has 21 heavy (non-hydrogen) atoms. The van der Waals surface area contributed by atoms with Crippen LogP contribution in [0, 0.1) is 11.3 Å². The first-order valence-electron chi connectivity index (χ1n) is 7.37. The summed E-state index contributed by atoms with van der Waals surface area (Å²) in [7, 11) is 0. The lowest BCUT2D eigenvalue weighted by Crippen LogP contribution is -2.40. The molecule has 1 aromatic carbocycles. The number of aromatic amines is 1. The topological polar surface area (TPSA) is 64.1 Å². The molecule has 1 aromatic heterocycles. The number of morpholine rings is 1. The number of nitrogens with zero attached hydrogens (tertiary/aromatic N) is 2. The first-order valence-corrected chi connectivity index (χ1v) is 7.37. The van der Waals surface area contributed by atoms with Gasteiger partial charge in [0.15, 0.2) is 0 Å². The van der Waals surface area contributed by atoms with Gasteiger partial charge in [0.1, 0.15) is 6.04 Å². The minimum absolute atomic E-state index is 0.276. The van der Waals surface area contributed by atoms with Crippen molar-refractivity contribution in [3.63, 3.8) is 0 Å². The molecule has 0 saturated carbocycles. The maximum absolute atomic E-state index is 9.43. The molecule has 5 heteroatoms. The van der Waals surface area contributed by atoms with E-state index in [1.165, 1.54) is 0 Å². The van der Waals surface area contributed by atoms with Gasteiger partial charge in [0.05, 0.1) is 19.3 Å². The molecule has 1 aliphatic rings. The van der Waals surface area contributed by atoms with Gasteiger partial charge in [0.2, 0.25) is 0 Å². The van der Waals surface area contributed by atoms with Gasteiger partial charge in [-0.15, -0.1) is 0 Å². The zero-order chi connectivity index (χ0) is 14.5. The predicted octanol–water partition coefficient (Wildman–Crippen LogP) is 1.65. The summed E-state index contributed by atoms with van der Waals surface area (Å²) < 4.78 is 5.34. The number of nitriles is 1. The van der Waals surface area contributed by atoms with Crippen molar-refractivity contribution < 1.29 is 4.74 Å². The lowest BCUT2D eigenvalue weighted by Gasteiger charge is -2.26. The van der Waals surface area contributed by atoms with E-state index < -0.39 is 0 Å². The van der Waals surface area contributed by atoms with Crippen LogP contribution in [-0.4, -0.2) is 49.3 Å². The van der Waals surface area contributed by atoms with E-state index in [9.17, 15) is 5.26 Å². The summed E-state index contributed by atoms with van der Waals surface area (Å²) in [4.78, 5) is 5.59. The average molecular weight is 284 g/mol. The fourth-order valence-corrected chi connectivity index (χ4v) is 2.75. The molecule has 110 valence electrons. The minimum atomic E-state index is -0.276. The normalized spacial score (nSPS) is 17.7. The molecule has 2 aromatic rings. The maximum Gasteiger partial charge on any atom is 0.123 e. The predicted molar refractivity (Wildman–Crippen MR) is 81.9 cm³/mol. The molecule has 0 amide bonds. The highest BCUT2D eigenvalue weighted by Crippen LogP contribution is 2.23. The van der Waals surface area contributed by atoms with Crippen molar-refractivity contribution in [1.29, 1.82) is 5.26 Å². The highest BCUT2D eigenvalue weighted by molar-refractivity contribution is 5.83. The van der Waals surface area contributed by atoms with Crippen LogP contribution in [0.5, 0.6) is 0 Å². The monoisotopic (exact) mass is 284 g/mol. The zero-order valence-corrected chi connectivity index (χ0v) is 12.0. The van der Waals surface area contributed by atoms with Crippen molar-refractivity contribution in [3.05, 3.63) is 36.0 Å². The number of aromatic nitrogens is 1. The molecule has 1 saturated heterocycles. The van der Waals surface area contributed by atoms with Gasteiger partial charge in [-0.05, 0) is 6.07 Å². The molecule has 3 rings (SSSR count). The van der Waals surface area contributed by atoms with Gasteiger partial charge < -0.3 is 9.72 Å². The summed E-state index contributed by atoms with van der Waals surface area (Å²) in [6.07, 6.45) is 1.93. The van der Waals surface area contributed by atoms with Gasteiger partial charge in [-0.25, -0.2) is 0 Å². The second-order valence-electron chi connectivity index (χ2n) is 5.26. The Bertz CT molecular complexity index is 624. The molecule has 0 bridgehead atoms. The lowest BCUT2D eigenvalue weighted by atomic mass is 10.1. The molecule has 2 heterocycles. The van der Waals surface area contributed by atoms with Crippen LogP contribution in [0.1, 0.15) is 11.6 Å². The highest BCUT2D eigenvalue weighted by atomic mass is 16.5. The Morgan fingerprint density at radius 3 is 2.95 bits per heavy atom. The van der Waals surface area contributed by atoms with Crippen LogP contribution in [0.3, 0.4) is 0 Å². The average Bonchev–Trinajstić information content (AvgIpc) is 2.97. The molecule has 0 aliphatic carbocycles. The summed E-state index contributed by atoms with van der Waals surface area (Å²) in [6.45, 7) is 5.33. The number of H-pyrrole nitrogens is 1. The third kappa shape index (κ3) is 3.24. The molecule has 2 N–H and O–H groups in total. The van der Waals surface area contributed by atoms with E-state index in [1.54, 1.807) is 0 Å². The number of hydrogen-bond donors (Lipinski definition) is 2. The van der Waals surface area contributed by atoms with Gasteiger partial charge >= 0.3 is 0 Å². The molecular formula is C16H20N4O. The van der Waals surface area contributed by atoms with E-state index in [1.807, 2.05) is 24.4 Å². The third-order valence-electron chi connectivity index (χ3n) is 3.94. The fraction of sp³-hybridized carbons (Fsp3) is 0.438. The molecule has 1 unspecified atom stereocenters. The molecule has 5 nitrogen and oxygen atoms in total. The smallest absolute Gasteiger partial charge is 0.123 e. The first kappa shape index (κ1) is 14.1. The Morgan fingerprint density at radius 1 is 1.33 bits per heavy atom. The standard InChI is InChI=1S/C16H20N4O/c17-11-16(18-5-6-20-7-9-21-10-8-20)14-12-19-15-4-2-1-3-13(14)15/h1-4,12,16,18-19H,5-10H2. The van der Waals surface area contributed by atoms with Crippen LogP contribution in [0.2, 0.25) is 0 Å². The van der Waals surface area contributed by atoms with E-state index in [4.69, 9.17) is 4.74 Å². The Morgan fingerprint density at radius 2 is 2.14 bits per heavy atom. The number of benzene rings is 1. The van der Waals surface area contributed by atoms with Gasteiger partial charge in [0, 0.05) is 48.8 Å². The second kappa shape index (κ2) is 6.72. The van der Waals surface area contributed by atoms with E-state index in [2.05, 4.69) is 27.3 Å². The summed E-state index contributed by atoms with van der Waals surface area (Å²) in [5.74, 6) is 0. The number of ether oxygens (including phenoxy) is 1. The van der Waals surface area contributed by atoms with Crippen molar-refractivity contribution in [2.75, 3.05) is 39.4 Å². The van der Waals surface area contributed by atoms with Crippen molar-refractivity contribution in [1.82, 2.24) is 15.2 Å². The van der Waals surface area contributed by atoms with E-state index in [-0.39, 0.29) is 6.04 Å². The van der Waals surface area contributed by atoms with Gasteiger partial charge in [-0.3, -0.25) is 10.2 Å². The third-order valence-corrected chi connectivity index (χ3v) is 3.94. The molecular weight excluding hydrogens is 264 g/mol. The van der Waals surface area contributed by atoms with Crippen molar-refractivity contribution in [2.24, 2.45) is 0 Å². The number of para-hydroxylation sites is 1. The van der Waals surface area contributed by atoms with Crippen molar-refractivity contribution in [2.45, 2.75) is 6.04 Å².